The average molecular weight is 358 g/mol. The van der Waals surface area contributed by atoms with E-state index in [2.05, 4.69) is 0 Å². The second-order valence-electron chi connectivity index (χ2n) is 6.93. The molecule has 1 aliphatic rings. The van der Waals surface area contributed by atoms with Crippen molar-refractivity contribution in [3.63, 3.8) is 0 Å². The number of aliphatic carboxylic acids is 1. The van der Waals surface area contributed by atoms with E-state index in [9.17, 15) is 19.1 Å². The van der Waals surface area contributed by atoms with Crippen LogP contribution in [-0.2, 0) is 9.53 Å². The van der Waals surface area contributed by atoms with Crippen LogP contribution >= 0.6 is 0 Å². The summed E-state index contributed by atoms with van der Waals surface area (Å²) in [5, 5.41) is 9.55. The normalized spacial score (nSPS) is 19.8. The number of carboxylic acid groups (broad SMARTS) is 1. The Kier molecular flexibility index (Phi) is 5.50. The van der Waals surface area contributed by atoms with Gasteiger partial charge < -0.3 is 9.84 Å². The lowest BCUT2D eigenvalue weighted by molar-refractivity contribution is -0.132. The van der Waals surface area contributed by atoms with Crippen molar-refractivity contribution in [2.45, 2.75) is 27.7 Å². The Labute approximate surface area is 152 Å². The van der Waals surface area contributed by atoms with E-state index >= 15 is 0 Å². The van der Waals surface area contributed by atoms with E-state index < -0.39 is 17.2 Å². The third kappa shape index (κ3) is 3.47. The van der Waals surface area contributed by atoms with E-state index in [-0.39, 0.29) is 17.3 Å². The van der Waals surface area contributed by atoms with Gasteiger partial charge >= 0.3 is 5.97 Å². The first kappa shape index (κ1) is 19.6. The highest BCUT2D eigenvalue weighted by Gasteiger charge is 2.41. The van der Waals surface area contributed by atoms with Crippen molar-refractivity contribution >= 4 is 11.8 Å². The fourth-order valence-electron chi connectivity index (χ4n) is 3.34. The Balaban J connectivity index is 2.43. The lowest BCUT2D eigenvalue weighted by Gasteiger charge is -2.40. The SMILES string of the molecule is COC1=C(C)C(C(=O)O)=C(C)C(C)(C)C1C=CC(=O)c1ccc(F)cc1. The molecule has 1 atom stereocenters. The van der Waals surface area contributed by atoms with Crippen LogP contribution in [-0.4, -0.2) is 24.0 Å². The number of carbonyl (C=O) groups excluding carboxylic acids is 1. The van der Waals surface area contributed by atoms with Crippen molar-refractivity contribution in [3.8, 4) is 0 Å². The summed E-state index contributed by atoms with van der Waals surface area (Å²) < 4.78 is 18.5. The third-order valence-corrected chi connectivity index (χ3v) is 5.15. The van der Waals surface area contributed by atoms with Crippen molar-refractivity contribution in [1.82, 2.24) is 0 Å². The quantitative estimate of drug-likeness (QED) is 0.620. The molecule has 5 heteroatoms. The lowest BCUT2D eigenvalue weighted by Crippen LogP contribution is -2.33. The summed E-state index contributed by atoms with van der Waals surface area (Å²) >= 11 is 0. The second-order valence-corrected chi connectivity index (χ2v) is 6.93. The Morgan fingerprint density at radius 1 is 1.19 bits per heavy atom. The van der Waals surface area contributed by atoms with E-state index in [0.29, 0.717) is 16.9 Å². The van der Waals surface area contributed by atoms with Gasteiger partial charge in [-0.3, -0.25) is 4.79 Å². The number of ketones is 1. The number of carbonyl (C=O) groups is 2. The van der Waals surface area contributed by atoms with Crippen molar-refractivity contribution < 1.29 is 23.8 Å². The third-order valence-electron chi connectivity index (χ3n) is 5.15. The first-order valence-electron chi connectivity index (χ1n) is 8.29. The number of hydrogen-bond acceptors (Lipinski definition) is 3. The van der Waals surface area contributed by atoms with Crippen molar-refractivity contribution in [2.24, 2.45) is 11.3 Å². The van der Waals surface area contributed by atoms with Crippen LogP contribution in [0.5, 0.6) is 0 Å². The van der Waals surface area contributed by atoms with Gasteiger partial charge in [-0.25, -0.2) is 9.18 Å². The molecule has 0 amide bonds. The van der Waals surface area contributed by atoms with Crippen LogP contribution in [0.3, 0.4) is 0 Å². The van der Waals surface area contributed by atoms with Crippen LogP contribution < -0.4 is 0 Å². The molecule has 4 nitrogen and oxygen atoms in total. The Hall–Kier alpha value is -2.69. The van der Waals surface area contributed by atoms with E-state index in [4.69, 9.17) is 4.74 Å². The molecule has 1 aromatic rings. The van der Waals surface area contributed by atoms with Crippen LogP contribution in [0.2, 0.25) is 0 Å². The molecule has 0 spiro atoms. The maximum absolute atomic E-state index is 13.0. The first-order valence-corrected chi connectivity index (χ1v) is 8.29. The van der Waals surface area contributed by atoms with Gasteiger partial charge in [-0.1, -0.05) is 25.5 Å². The molecule has 0 fully saturated rings. The first-order chi connectivity index (χ1) is 12.1. The highest BCUT2D eigenvalue weighted by atomic mass is 19.1. The van der Waals surface area contributed by atoms with Gasteiger partial charge in [0.2, 0.25) is 0 Å². The summed E-state index contributed by atoms with van der Waals surface area (Å²) in [5.74, 6) is -1.41. The monoisotopic (exact) mass is 358 g/mol. The summed E-state index contributed by atoms with van der Waals surface area (Å²) in [5.41, 5.74) is 1.38. The topological polar surface area (TPSA) is 63.6 Å². The summed E-state index contributed by atoms with van der Waals surface area (Å²) in [6.45, 7) is 7.36. The van der Waals surface area contributed by atoms with Crippen molar-refractivity contribution in [3.05, 3.63) is 70.3 Å². The number of hydrogen-bond donors (Lipinski definition) is 1. The predicted octanol–water partition coefficient (Wildman–Crippen LogP) is 4.54. The van der Waals surface area contributed by atoms with Crippen LogP contribution in [0.15, 0.2) is 58.9 Å². The number of rotatable bonds is 5. The van der Waals surface area contributed by atoms with Crippen LogP contribution in [0, 0.1) is 17.2 Å². The van der Waals surface area contributed by atoms with Crippen LogP contribution in [0.25, 0.3) is 0 Å². The molecule has 0 saturated heterocycles. The molecule has 26 heavy (non-hydrogen) atoms. The number of halogens is 1. The number of benzene rings is 1. The zero-order valence-electron chi connectivity index (χ0n) is 15.6. The summed E-state index contributed by atoms with van der Waals surface area (Å²) in [4.78, 5) is 24.0. The van der Waals surface area contributed by atoms with Gasteiger partial charge in [0.05, 0.1) is 12.7 Å². The molecule has 0 bridgehead atoms. The lowest BCUT2D eigenvalue weighted by atomic mass is 9.66. The summed E-state index contributed by atoms with van der Waals surface area (Å²) in [7, 11) is 1.50. The van der Waals surface area contributed by atoms with Gasteiger partial charge in [-0.05, 0) is 49.6 Å². The predicted molar refractivity (Wildman–Crippen MR) is 97.2 cm³/mol. The number of methoxy groups -OCH3 is 1. The molecule has 0 heterocycles. The number of allylic oxidation sites excluding steroid dienone is 3. The molecule has 0 saturated carbocycles. The number of ether oxygens (including phenoxy) is 1. The molecule has 138 valence electrons. The minimum Gasteiger partial charge on any atom is -0.500 e. The molecule has 0 radical (unpaired) electrons. The molecule has 2 rings (SSSR count). The zero-order chi connectivity index (χ0) is 19.6. The molecule has 0 aliphatic heterocycles. The van der Waals surface area contributed by atoms with Gasteiger partial charge in [-0.2, -0.15) is 0 Å². The minimum absolute atomic E-state index is 0.250. The molecular formula is C21H23FO4. The summed E-state index contributed by atoms with van der Waals surface area (Å²) in [6, 6.07) is 5.34. The standard InChI is InChI=1S/C21H23FO4/c1-12-18(20(24)25)13(2)21(3,4)16(19(12)26-5)10-11-17(23)14-6-8-15(22)9-7-14/h6-11,16H,1-5H3,(H,24,25). The van der Waals surface area contributed by atoms with Crippen molar-refractivity contribution in [2.75, 3.05) is 7.11 Å². The fourth-order valence-corrected chi connectivity index (χ4v) is 3.34. The molecule has 1 aromatic carbocycles. The maximum Gasteiger partial charge on any atom is 0.336 e. The molecule has 1 aliphatic carbocycles. The highest BCUT2D eigenvalue weighted by Crippen LogP contribution is 2.48. The Morgan fingerprint density at radius 2 is 1.77 bits per heavy atom. The molecule has 1 N–H and O–H groups in total. The zero-order valence-corrected chi connectivity index (χ0v) is 15.6. The average Bonchev–Trinajstić information content (AvgIpc) is 2.57. The smallest absolute Gasteiger partial charge is 0.336 e. The molecular weight excluding hydrogens is 335 g/mol. The van der Waals surface area contributed by atoms with E-state index in [1.165, 1.54) is 37.5 Å². The maximum atomic E-state index is 13.0. The highest BCUT2D eigenvalue weighted by molar-refractivity contribution is 6.04. The van der Waals surface area contributed by atoms with E-state index in [1.807, 2.05) is 13.8 Å². The second kappa shape index (κ2) is 7.28. The van der Waals surface area contributed by atoms with Gasteiger partial charge in [0.15, 0.2) is 5.78 Å². The van der Waals surface area contributed by atoms with Gasteiger partial charge in [0.25, 0.3) is 0 Å². The Bertz CT molecular complexity index is 826. The summed E-state index contributed by atoms with van der Waals surface area (Å²) in [6.07, 6.45) is 3.17. The van der Waals surface area contributed by atoms with Gasteiger partial charge in [0.1, 0.15) is 11.6 Å². The minimum atomic E-state index is -0.993. The van der Waals surface area contributed by atoms with Crippen LogP contribution in [0.4, 0.5) is 4.39 Å². The largest absolute Gasteiger partial charge is 0.500 e. The van der Waals surface area contributed by atoms with Gasteiger partial charge in [-0.15, -0.1) is 0 Å². The molecule has 1 unspecified atom stereocenters. The molecule has 0 aromatic heterocycles. The Morgan fingerprint density at radius 3 is 2.27 bits per heavy atom. The van der Waals surface area contributed by atoms with E-state index in [0.717, 1.165) is 5.57 Å². The van der Waals surface area contributed by atoms with Crippen LogP contribution in [0.1, 0.15) is 38.1 Å². The van der Waals surface area contributed by atoms with Gasteiger partial charge in [0, 0.05) is 17.1 Å². The fraction of sp³-hybridized carbons (Fsp3) is 0.333. The van der Waals surface area contributed by atoms with E-state index in [1.54, 1.807) is 19.9 Å². The number of carboxylic acids is 1. The van der Waals surface area contributed by atoms with Crippen molar-refractivity contribution in [1.29, 1.82) is 0 Å².